The summed E-state index contributed by atoms with van der Waals surface area (Å²) in [5.41, 5.74) is 5.26. The minimum Gasteiger partial charge on any atom is -0.369 e. The van der Waals surface area contributed by atoms with E-state index in [1.165, 1.54) is 0 Å². The number of hydrogen-bond donors (Lipinski definition) is 1. The van der Waals surface area contributed by atoms with Crippen molar-refractivity contribution in [2.24, 2.45) is 23.5 Å². The van der Waals surface area contributed by atoms with Crippen LogP contribution < -0.4 is 5.73 Å². The Morgan fingerprint density at radius 3 is 2.06 bits per heavy atom. The molecule has 3 nitrogen and oxygen atoms in total. The minimum absolute atomic E-state index is 0. The van der Waals surface area contributed by atoms with Crippen molar-refractivity contribution in [1.82, 2.24) is 0 Å². The molecule has 0 heterocycles. The number of nitrogens with two attached hydrogens (primary N) is 1. The summed E-state index contributed by atoms with van der Waals surface area (Å²) in [6.07, 6.45) is 4.37. The van der Waals surface area contributed by atoms with Crippen molar-refractivity contribution in [2.45, 2.75) is 53.4 Å². The quantitative estimate of drug-likeness (QED) is 0.802. The fourth-order valence-corrected chi connectivity index (χ4v) is 2.17. The molecule has 2 N–H and O–H groups in total. The third kappa shape index (κ3) is 4.33. The molecule has 1 aliphatic rings. The number of carbonyl (C=O) groups excluding carboxylic acids is 2. The van der Waals surface area contributed by atoms with Crippen molar-refractivity contribution in [1.29, 1.82) is 0 Å². The van der Waals surface area contributed by atoms with E-state index in [2.05, 4.69) is 0 Å². The zero-order chi connectivity index (χ0) is 11.4. The maximum atomic E-state index is 11.5. The molecule has 0 unspecified atom stereocenters. The number of ketones is 1. The summed E-state index contributed by atoms with van der Waals surface area (Å²) in [6.45, 7) is 3.88. The van der Waals surface area contributed by atoms with E-state index in [4.69, 9.17) is 5.73 Å². The molecule has 0 radical (unpaired) electrons. The van der Waals surface area contributed by atoms with E-state index in [9.17, 15) is 9.59 Å². The van der Waals surface area contributed by atoms with Gasteiger partial charge in [0.1, 0.15) is 5.78 Å². The minimum atomic E-state index is -0.177. The van der Waals surface area contributed by atoms with Crippen molar-refractivity contribution in [2.75, 3.05) is 0 Å². The summed E-state index contributed by atoms with van der Waals surface area (Å²) >= 11 is 0. The zero-order valence-corrected chi connectivity index (χ0v) is 9.66. The van der Waals surface area contributed by atoms with Crippen LogP contribution in [0, 0.1) is 17.8 Å². The van der Waals surface area contributed by atoms with Crippen molar-refractivity contribution < 1.29 is 9.59 Å². The third-order valence-electron chi connectivity index (χ3n) is 3.38. The predicted molar refractivity (Wildman–Crippen MR) is 65.8 cm³/mol. The van der Waals surface area contributed by atoms with Gasteiger partial charge in [-0.2, -0.15) is 0 Å². The lowest BCUT2D eigenvalue weighted by atomic mass is 9.78. The number of Topliss-reactive ketones (excluding diaryl/α,β-unsaturated/α-hetero) is 1. The van der Waals surface area contributed by atoms with E-state index >= 15 is 0 Å². The fraction of sp³-hybridized carbons (Fsp3) is 0.846. The van der Waals surface area contributed by atoms with Gasteiger partial charge in [-0.1, -0.05) is 21.3 Å². The maximum Gasteiger partial charge on any atom is 0.220 e. The van der Waals surface area contributed by atoms with Crippen LogP contribution in [0.5, 0.6) is 0 Å². The third-order valence-corrected chi connectivity index (χ3v) is 3.38. The molecular formula is C13H25NO2. The van der Waals surface area contributed by atoms with Crippen molar-refractivity contribution in [3.63, 3.8) is 0 Å². The maximum absolute atomic E-state index is 11.5. The van der Waals surface area contributed by atoms with E-state index in [0.29, 0.717) is 18.1 Å². The monoisotopic (exact) mass is 227 g/mol. The molecular weight excluding hydrogens is 202 g/mol. The molecule has 0 spiro atoms. The molecule has 94 valence electrons. The van der Waals surface area contributed by atoms with Crippen LogP contribution in [-0.4, -0.2) is 11.7 Å². The Bertz CT molecular complexity index is 240. The average molecular weight is 227 g/mol. The summed E-state index contributed by atoms with van der Waals surface area (Å²) in [5, 5.41) is 0. The van der Waals surface area contributed by atoms with Gasteiger partial charge in [0.15, 0.2) is 0 Å². The molecule has 1 fully saturated rings. The first-order valence-corrected chi connectivity index (χ1v) is 5.82. The first-order valence-electron chi connectivity index (χ1n) is 5.82. The van der Waals surface area contributed by atoms with Crippen LogP contribution in [0.15, 0.2) is 0 Å². The molecule has 0 aromatic heterocycles. The van der Waals surface area contributed by atoms with Crippen molar-refractivity contribution in [3.05, 3.63) is 0 Å². The van der Waals surface area contributed by atoms with E-state index < -0.39 is 0 Å². The summed E-state index contributed by atoms with van der Waals surface area (Å²) < 4.78 is 0. The second-order valence-electron chi connectivity index (χ2n) is 4.95. The van der Waals surface area contributed by atoms with Crippen LogP contribution >= 0.6 is 0 Å². The summed E-state index contributed by atoms with van der Waals surface area (Å²) in [7, 11) is 0. The van der Waals surface area contributed by atoms with Crippen molar-refractivity contribution >= 4 is 11.7 Å². The summed E-state index contributed by atoms with van der Waals surface area (Å²) in [4.78, 5) is 22.5. The lowest BCUT2D eigenvalue weighted by Gasteiger charge is -2.26. The number of amides is 1. The SMILES string of the molecule is C.CC(C)C(=O)CC1CCC(C(N)=O)CC1. The highest BCUT2D eigenvalue weighted by atomic mass is 16.1. The molecule has 1 rings (SSSR count). The van der Waals surface area contributed by atoms with E-state index in [0.717, 1.165) is 25.7 Å². The van der Waals surface area contributed by atoms with Gasteiger partial charge in [0, 0.05) is 18.3 Å². The molecule has 0 aromatic carbocycles. The smallest absolute Gasteiger partial charge is 0.220 e. The van der Waals surface area contributed by atoms with Gasteiger partial charge in [-0.15, -0.1) is 0 Å². The van der Waals surface area contributed by atoms with Gasteiger partial charge in [0.05, 0.1) is 0 Å². The molecule has 16 heavy (non-hydrogen) atoms. The molecule has 3 heteroatoms. The normalized spacial score (nSPS) is 24.9. The van der Waals surface area contributed by atoms with Gasteiger partial charge in [0.2, 0.25) is 5.91 Å². The van der Waals surface area contributed by atoms with Gasteiger partial charge >= 0.3 is 0 Å². The summed E-state index contributed by atoms with van der Waals surface area (Å²) in [6, 6.07) is 0. The van der Waals surface area contributed by atoms with Crippen LogP contribution in [0.3, 0.4) is 0 Å². The van der Waals surface area contributed by atoms with Crippen LogP contribution in [0.25, 0.3) is 0 Å². The summed E-state index contributed by atoms with van der Waals surface area (Å²) in [5.74, 6) is 0.839. The van der Waals surface area contributed by atoms with E-state index in [1.807, 2.05) is 13.8 Å². The van der Waals surface area contributed by atoms with Gasteiger partial charge in [0.25, 0.3) is 0 Å². The Hall–Kier alpha value is -0.860. The largest absolute Gasteiger partial charge is 0.369 e. The Morgan fingerprint density at radius 1 is 1.19 bits per heavy atom. The predicted octanol–water partition coefficient (Wildman–Crippen LogP) is 2.53. The zero-order valence-electron chi connectivity index (χ0n) is 9.66. The fourth-order valence-electron chi connectivity index (χ4n) is 2.17. The second kappa shape index (κ2) is 6.66. The lowest BCUT2D eigenvalue weighted by molar-refractivity contribution is -0.124. The van der Waals surface area contributed by atoms with Crippen molar-refractivity contribution in [3.8, 4) is 0 Å². The second-order valence-corrected chi connectivity index (χ2v) is 4.95. The molecule has 1 amide bonds. The van der Waals surface area contributed by atoms with E-state index in [-0.39, 0.29) is 25.2 Å². The van der Waals surface area contributed by atoms with Crippen LogP contribution in [0.1, 0.15) is 53.4 Å². The first-order chi connectivity index (χ1) is 7.00. The molecule has 0 atom stereocenters. The first kappa shape index (κ1) is 15.1. The Balaban J connectivity index is 0.00000225. The Morgan fingerprint density at radius 2 is 1.69 bits per heavy atom. The highest BCUT2D eigenvalue weighted by Gasteiger charge is 2.26. The molecule has 0 aliphatic heterocycles. The van der Waals surface area contributed by atoms with Crippen LogP contribution in [0.4, 0.5) is 0 Å². The van der Waals surface area contributed by atoms with Gasteiger partial charge in [-0.05, 0) is 31.6 Å². The topological polar surface area (TPSA) is 60.2 Å². The molecule has 0 saturated heterocycles. The van der Waals surface area contributed by atoms with Gasteiger partial charge < -0.3 is 5.73 Å². The number of carbonyl (C=O) groups is 2. The lowest BCUT2D eigenvalue weighted by Crippen LogP contribution is -2.28. The highest BCUT2D eigenvalue weighted by Crippen LogP contribution is 2.31. The van der Waals surface area contributed by atoms with Crippen LogP contribution in [-0.2, 0) is 9.59 Å². The molecule has 1 saturated carbocycles. The highest BCUT2D eigenvalue weighted by molar-refractivity contribution is 5.80. The number of hydrogen-bond acceptors (Lipinski definition) is 2. The average Bonchev–Trinajstić information content (AvgIpc) is 2.18. The Kier molecular flexibility index (Phi) is 6.31. The van der Waals surface area contributed by atoms with Crippen LogP contribution in [0.2, 0.25) is 0 Å². The van der Waals surface area contributed by atoms with E-state index in [1.54, 1.807) is 0 Å². The van der Waals surface area contributed by atoms with Gasteiger partial charge in [-0.3, -0.25) is 9.59 Å². The number of primary amides is 1. The van der Waals surface area contributed by atoms with Gasteiger partial charge in [-0.25, -0.2) is 0 Å². The standard InChI is InChI=1S/C12H21NO2.CH4/c1-8(2)11(14)7-9-3-5-10(6-4-9)12(13)15;/h8-10H,3-7H2,1-2H3,(H2,13,15);1H4. The molecule has 0 bridgehead atoms. The Labute approximate surface area is 98.8 Å². The molecule has 1 aliphatic carbocycles. The number of rotatable bonds is 4. The molecule has 0 aromatic rings.